The Hall–Kier alpha value is -3.67. The van der Waals surface area contributed by atoms with Gasteiger partial charge in [0.15, 0.2) is 5.82 Å². The van der Waals surface area contributed by atoms with Crippen molar-refractivity contribution < 1.29 is 23.1 Å². The third-order valence-electron chi connectivity index (χ3n) is 3.58. The van der Waals surface area contributed by atoms with Crippen molar-refractivity contribution in [2.45, 2.75) is 6.18 Å². The zero-order chi connectivity index (χ0) is 18.9. The van der Waals surface area contributed by atoms with Crippen LogP contribution in [0.1, 0.15) is 21.5 Å². The minimum atomic E-state index is -4.50. The first-order valence-electron chi connectivity index (χ1n) is 7.15. The van der Waals surface area contributed by atoms with Crippen molar-refractivity contribution in [1.29, 1.82) is 5.26 Å². The fraction of sp³-hybridized carbons (Fsp3) is 0.0588. The highest BCUT2D eigenvalue weighted by atomic mass is 19.4. The quantitative estimate of drug-likeness (QED) is 0.773. The van der Waals surface area contributed by atoms with Crippen molar-refractivity contribution >= 4 is 5.97 Å². The fourth-order valence-corrected chi connectivity index (χ4v) is 2.31. The molecule has 0 saturated heterocycles. The van der Waals surface area contributed by atoms with E-state index in [0.29, 0.717) is 0 Å². The second-order valence-electron chi connectivity index (χ2n) is 5.26. The van der Waals surface area contributed by atoms with Crippen molar-refractivity contribution in [2.24, 2.45) is 0 Å². The Bertz CT molecular complexity index is 1030. The molecule has 0 atom stereocenters. The van der Waals surface area contributed by atoms with Crippen molar-refractivity contribution in [3.8, 4) is 23.0 Å². The number of hydrogen-bond acceptors (Lipinski definition) is 4. The summed E-state index contributed by atoms with van der Waals surface area (Å²) in [6, 6.07) is 7.82. The number of alkyl halides is 3. The van der Waals surface area contributed by atoms with Gasteiger partial charge in [0.25, 0.3) is 0 Å². The molecule has 0 amide bonds. The summed E-state index contributed by atoms with van der Waals surface area (Å²) in [6.07, 6.45) is -0.906. The normalized spacial score (nSPS) is 11.2. The summed E-state index contributed by atoms with van der Waals surface area (Å²) in [7, 11) is 0. The molecule has 0 aliphatic heterocycles. The highest BCUT2D eigenvalue weighted by Crippen LogP contribution is 2.33. The van der Waals surface area contributed by atoms with Gasteiger partial charge in [0.2, 0.25) is 0 Å². The van der Waals surface area contributed by atoms with Gasteiger partial charge in [-0.05, 0) is 17.7 Å². The molecule has 6 nitrogen and oxygen atoms in total. The van der Waals surface area contributed by atoms with Gasteiger partial charge in [-0.25, -0.2) is 14.5 Å². The number of nitriles is 1. The van der Waals surface area contributed by atoms with Crippen LogP contribution in [0, 0.1) is 11.3 Å². The first kappa shape index (κ1) is 17.2. The van der Waals surface area contributed by atoms with E-state index in [4.69, 9.17) is 5.11 Å². The van der Waals surface area contributed by atoms with Crippen LogP contribution in [0.3, 0.4) is 0 Å². The maximum absolute atomic E-state index is 12.9. The molecule has 1 N–H and O–H groups in total. The molecule has 3 aromatic rings. The average molecular weight is 358 g/mol. The number of carbonyl (C=O) groups is 1. The summed E-state index contributed by atoms with van der Waals surface area (Å²) in [5.74, 6) is -0.998. The smallest absolute Gasteiger partial charge is 0.416 e. The third kappa shape index (κ3) is 3.25. The minimum absolute atomic E-state index is 0.0627. The van der Waals surface area contributed by atoms with E-state index in [9.17, 15) is 23.2 Å². The minimum Gasteiger partial charge on any atom is -0.478 e. The third-order valence-corrected chi connectivity index (χ3v) is 3.58. The van der Waals surface area contributed by atoms with E-state index < -0.39 is 17.7 Å². The highest BCUT2D eigenvalue weighted by Gasteiger charge is 2.30. The lowest BCUT2D eigenvalue weighted by molar-refractivity contribution is -0.137. The second-order valence-corrected chi connectivity index (χ2v) is 5.26. The summed E-state index contributed by atoms with van der Waals surface area (Å²) in [5, 5.41) is 22.1. The molecule has 130 valence electrons. The van der Waals surface area contributed by atoms with Crippen LogP contribution in [-0.2, 0) is 6.18 Å². The first-order chi connectivity index (χ1) is 12.3. The molecule has 0 aliphatic carbocycles. The number of halogens is 3. The summed E-state index contributed by atoms with van der Waals surface area (Å²) < 4.78 is 39.8. The summed E-state index contributed by atoms with van der Waals surface area (Å²) >= 11 is 0. The van der Waals surface area contributed by atoms with E-state index in [1.54, 1.807) is 0 Å². The SMILES string of the molecule is N#Cc1cc(-n2cc(C(=O)O)cn2)ncc1-c1cccc(C(F)(F)F)c1. The van der Waals surface area contributed by atoms with Crippen LogP contribution >= 0.6 is 0 Å². The van der Waals surface area contributed by atoms with Crippen LogP contribution in [0.25, 0.3) is 16.9 Å². The molecule has 2 aromatic heterocycles. The number of carboxylic acid groups (broad SMARTS) is 1. The molecule has 0 bridgehead atoms. The van der Waals surface area contributed by atoms with Gasteiger partial charge in [-0.15, -0.1) is 0 Å². The van der Waals surface area contributed by atoms with Crippen molar-refractivity contribution in [1.82, 2.24) is 14.8 Å². The van der Waals surface area contributed by atoms with Gasteiger partial charge in [-0.3, -0.25) is 0 Å². The number of aromatic carboxylic acids is 1. The highest BCUT2D eigenvalue weighted by molar-refractivity contribution is 5.87. The fourth-order valence-electron chi connectivity index (χ4n) is 2.31. The van der Waals surface area contributed by atoms with Crippen molar-refractivity contribution in [3.05, 3.63) is 65.6 Å². The van der Waals surface area contributed by atoms with Crippen LogP contribution in [0.5, 0.6) is 0 Å². The van der Waals surface area contributed by atoms with Crippen LogP contribution < -0.4 is 0 Å². The average Bonchev–Trinajstić information content (AvgIpc) is 3.11. The summed E-state index contributed by atoms with van der Waals surface area (Å²) in [6.45, 7) is 0. The molecule has 0 fully saturated rings. The number of pyridine rings is 1. The molecule has 0 radical (unpaired) electrons. The number of carboxylic acids is 1. The largest absolute Gasteiger partial charge is 0.478 e. The molecule has 3 rings (SSSR count). The predicted octanol–water partition coefficient (Wildman–Crippen LogP) is 3.52. The van der Waals surface area contributed by atoms with Gasteiger partial charge in [0, 0.05) is 24.0 Å². The van der Waals surface area contributed by atoms with Gasteiger partial charge in [0.1, 0.15) is 0 Å². The van der Waals surface area contributed by atoms with E-state index in [1.165, 1.54) is 35.3 Å². The molecular formula is C17H9F3N4O2. The van der Waals surface area contributed by atoms with Crippen LogP contribution in [-0.4, -0.2) is 25.8 Å². The zero-order valence-electron chi connectivity index (χ0n) is 12.9. The van der Waals surface area contributed by atoms with Crippen LogP contribution in [0.4, 0.5) is 13.2 Å². The molecule has 1 aromatic carbocycles. The molecule has 2 heterocycles. The maximum atomic E-state index is 12.9. The lowest BCUT2D eigenvalue weighted by atomic mass is 10.0. The van der Waals surface area contributed by atoms with Gasteiger partial charge in [-0.2, -0.15) is 23.5 Å². The van der Waals surface area contributed by atoms with E-state index in [2.05, 4.69) is 10.1 Å². The molecule has 26 heavy (non-hydrogen) atoms. The Balaban J connectivity index is 2.05. The Morgan fingerprint density at radius 3 is 2.62 bits per heavy atom. The Labute approximate surface area is 144 Å². The van der Waals surface area contributed by atoms with Gasteiger partial charge in [0.05, 0.1) is 29.0 Å². The number of hydrogen-bond donors (Lipinski definition) is 1. The second kappa shape index (κ2) is 6.33. The number of nitrogens with zero attached hydrogens (tertiary/aromatic N) is 4. The summed E-state index contributed by atoms with van der Waals surface area (Å²) in [5.41, 5.74) is -0.384. The molecule has 9 heteroatoms. The van der Waals surface area contributed by atoms with E-state index in [-0.39, 0.29) is 28.1 Å². The molecular weight excluding hydrogens is 349 g/mol. The number of benzene rings is 1. The lowest BCUT2D eigenvalue weighted by Gasteiger charge is -2.10. The molecule has 0 spiro atoms. The van der Waals surface area contributed by atoms with Crippen LogP contribution in [0.15, 0.2) is 48.9 Å². The van der Waals surface area contributed by atoms with Crippen LogP contribution in [0.2, 0.25) is 0 Å². The van der Waals surface area contributed by atoms with Gasteiger partial charge in [-0.1, -0.05) is 12.1 Å². The maximum Gasteiger partial charge on any atom is 0.416 e. The lowest BCUT2D eigenvalue weighted by Crippen LogP contribution is -2.05. The number of rotatable bonds is 3. The monoisotopic (exact) mass is 358 g/mol. The van der Waals surface area contributed by atoms with E-state index in [0.717, 1.165) is 18.3 Å². The first-order valence-corrected chi connectivity index (χ1v) is 7.15. The molecule has 0 unspecified atom stereocenters. The number of aromatic nitrogens is 3. The Morgan fingerprint density at radius 1 is 1.23 bits per heavy atom. The van der Waals surface area contributed by atoms with Gasteiger partial charge < -0.3 is 5.11 Å². The van der Waals surface area contributed by atoms with Gasteiger partial charge >= 0.3 is 12.1 Å². The van der Waals surface area contributed by atoms with E-state index >= 15 is 0 Å². The Kier molecular flexibility index (Phi) is 4.18. The van der Waals surface area contributed by atoms with Crippen molar-refractivity contribution in [2.75, 3.05) is 0 Å². The van der Waals surface area contributed by atoms with E-state index in [1.807, 2.05) is 6.07 Å². The molecule has 0 aliphatic rings. The predicted molar refractivity (Wildman–Crippen MR) is 83.5 cm³/mol. The molecule has 0 saturated carbocycles. The van der Waals surface area contributed by atoms with Crippen molar-refractivity contribution in [3.63, 3.8) is 0 Å². The topological polar surface area (TPSA) is 91.8 Å². The standard InChI is InChI=1S/C17H9F3N4O2/c18-17(19,20)13-3-1-2-10(4-13)14-8-22-15(5-11(14)6-21)24-9-12(7-23-24)16(25)26/h1-5,7-9H,(H,25,26). The summed E-state index contributed by atoms with van der Waals surface area (Å²) in [4.78, 5) is 15.0. The zero-order valence-corrected chi connectivity index (χ0v) is 12.9. The Morgan fingerprint density at radius 2 is 2.00 bits per heavy atom.